The molecule has 0 unspecified atom stereocenters. The molecule has 0 bridgehead atoms. The Bertz CT molecular complexity index is 1150. The van der Waals surface area contributed by atoms with E-state index < -0.39 is 54.4 Å². The number of carbonyl (C=O) groups excluding carboxylic acids is 1. The van der Waals surface area contributed by atoms with Gasteiger partial charge in [0.25, 0.3) is 0 Å². The lowest BCUT2D eigenvalue weighted by Gasteiger charge is -2.64. The number of fused-ring (bicyclic) bond motifs is 5. The second kappa shape index (κ2) is 11.9. The van der Waals surface area contributed by atoms with Gasteiger partial charge in [-0.05, 0) is 93.3 Å². The molecule has 0 amide bonds. The fourth-order valence-electron chi connectivity index (χ4n) is 10.9. The van der Waals surface area contributed by atoms with E-state index in [0.717, 1.165) is 38.5 Å². The van der Waals surface area contributed by atoms with E-state index in [4.69, 9.17) is 9.47 Å². The number of allylic oxidation sites excluding steroid dienone is 1. The molecule has 258 valence electrons. The molecule has 4 fully saturated rings. The fraction of sp³-hybridized carbons (Fsp3) is 0.917. The summed E-state index contributed by atoms with van der Waals surface area (Å²) in [5, 5.41) is 62.3. The molecule has 14 atom stereocenters. The second-order valence-corrected chi connectivity index (χ2v) is 17.2. The van der Waals surface area contributed by atoms with Crippen molar-refractivity contribution in [3.8, 4) is 0 Å². The topological polar surface area (TPSA) is 157 Å². The van der Waals surface area contributed by atoms with Crippen LogP contribution >= 0.6 is 0 Å². The molecule has 1 aliphatic heterocycles. The molecular formula is C36H60O9. The van der Waals surface area contributed by atoms with E-state index in [2.05, 4.69) is 47.6 Å². The first-order valence-corrected chi connectivity index (χ1v) is 17.4. The van der Waals surface area contributed by atoms with Gasteiger partial charge in [-0.1, -0.05) is 53.2 Å². The third-order valence-electron chi connectivity index (χ3n) is 14.4. The Morgan fingerprint density at radius 3 is 2.29 bits per heavy atom. The van der Waals surface area contributed by atoms with Crippen LogP contribution in [-0.4, -0.2) is 91.5 Å². The molecule has 0 radical (unpaired) electrons. The highest BCUT2D eigenvalue weighted by molar-refractivity contribution is 5.88. The largest absolute Gasteiger partial charge is 0.394 e. The number of aliphatic hydroxyl groups excluding tert-OH is 6. The maximum Gasteiger partial charge on any atom is 0.187 e. The zero-order valence-electron chi connectivity index (χ0n) is 28.7. The summed E-state index contributed by atoms with van der Waals surface area (Å²) in [6, 6.07) is 0. The van der Waals surface area contributed by atoms with Crippen LogP contribution in [-0.2, 0) is 14.3 Å². The number of ether oxygens (including phenoxy) is 2. The molecule has 0 aromatic heterocycles. The van der Waals surface area contributed by atoms with E-state index in [1.54, 1.807) is 13.8 Å². The van der Waals surface area contributed by atoms with Crippen molar-refractivity contribution in [3.05, 3.63) is 11.6 Å². The standard InChI is InChI=1S/C36H60O9/c1-19(9-13-26(39)33(4,5)45-31-30(43)29(42)28(41)23(18-37)44-31)20-15-16-34(6)24-12-10-21-22(11-14-25(38)32(21,2)3)36(24,8)27(40)17-35(20,34)7/h10,19-20,22-26,28-31,37-39,41-43H,9,11-18H2,1-8H3/t19-,20-,22-,23-,24+,25+,26-,28-,29+,30-,31+,34+,35-,36+/m1/s1. The smallest absolute Gasteiger partial charge is 0.187 e. The first-order valence-electron chi connectivity index (χ1n) is 17.4. The highest BCUT2D eigenvalue weighted by Gasteiger charge is 2.70. The van der Waals surface area contributed by atoms with Gasteiger partial charge in [0.1, 0.15) is 30.2 Å². The highest BCUT2D eigenvalue weighted by Crippen LogP contribution is 2.74. The van der Waals surface area contributed by atoms with Crippen molar-refractivity contribution < 1.29 is 44.9 Å². The lowest BCUT2D eigenvalue weighted by molar-refractivity contribution is -0.331. The van der Waals surface area contributed by atoms with Gasteiger partial charge in [0.05, 0.1) is 24.4 Å². The van der Waals surface area contributed by atoms with E-state index >= 15 is 0 Å². The number of carbonyl (C=O) groups is 1. The average Bonchev–Trinajstić information content (AvgIpc) is 3.24. The van der Waals surface area contributed by atoms with Crippen LogP contribution in [0.25, 0.3) is 0 Å². The SMILES string of the molecule is C[C@H](CC[C@@H](O)C(C)(C)O[C@@H]1O[C@H](CO)[C@@H](O)[C@H](O)[C@H]1O)[C@H]1CC[C@@]2(C)[C@@H]3CC=C4[C@@H](CC[C@H](O)C4(C)C)[C@]3(C)C(=O)C[C@]12C. The van der Waals surface area contributed by atoms with E-state index in [9.17, 15) is 35.4 Å². The van der Waals surface area contributed by atoms with Crippen LogP contribution in [0.15, 0.2) is 11.6 Å². The third-order valence-corrected chi connectivity index (χ3v) is 14.4. The number of hydrogen-bond acceptors (Lipinski definition) is 9. The van der Waals surface area contributed by atoms with Crippen molar-refractivity contribution in [2.24, 2.45) is 45.3 Å². The van der Waals surface area contributed by atoms with Crippen molar-refractivity contribution in [2.45, 2.75) is 155 Å². The molecule has 1 heterocycles. The summed E-state index contributed by atoms with van der Waals surface area (Å²) in [5.74, 6) is 1.40. The molecule has 5 rings (SSSR count). The summed E-state index contributed by atoms with van der Waals surface area (Å²) in [6.45, 7) is 16.4. The van der Waals surface area contributed by atoms with E-state index in [1.807, 2.05) is 0 Å². The van der Waals surface area contributed by atoms with Crippen LogP contribution in [0.3, 0.4) is 0 Å². The van der Waals surface area contributed by atoms with Crippen LogP contribution in [0.1, 0.15) is 107 Å². The zero-order valence-corrected chi connectivity index (χ0v) is 28.7. The van der Waals surface area contributed by atoms with Crippen LogP contribution in [0.4, 0.5) is 0 Å². The molecule has 9 nitrogen and oxygen atoms in total. The van der Waals surface area contributed by atoms with E-state index in [-0.39, 0.29) is 40.1 Å². The first kappa shape index (κ1) is 35.4. The maximum absolute atomic E-state index is 14.4. The third kappa shape index (κ3) is 5.31. The van der Waals surface area contributed by atoms with Gasteiger partial charge in [0.2, 0.25) is 0 Å². The molecule has 0 aromatic rings. The first-order chi connectivity index (χ1) is 20.8. The van der Waals surface area contributed by atoms with Crippen molar-refractivity contribution in [3.63, 3.8) is 0 Å². The Kier molecular flexibility index (Phi) is 9.36. The van der Waals surface area contributed by atoms with Crippen LogP contribution in [0.2, 0.25) is 0 Å². The summed E-state index contributed by atoms with van der Waals surface area (Å²) in [5.41, 5.74) is -0.747. The number of hydrogen-bond donors (Lipinski definition) is 6. The molecule has 4 aliphatic carbocycles. The van der Waals surface area contributed by atoms with Crippen LogP contribution in [0, 0.1) is 45.3 Å². The predicted octanol–water partition coefficient (Wildman–Crippen LogP) is 3.50. The molecular weight excluding hydrogens is 576 g/mol. The van der Waals surface area contributed by atoms with Gasteiger partial charge in [0, 0.05) is 17.3 Å². The van der Waals surface area contributed by atoms with Gasteiger partial charge in [-0.2, -0.15) is 0 Å². The molecule has 5 aliphatic rings. The van der Waals surface area contributed by atoms with Crippen molar-refractivity contribution in [1.82, 2.24) is 0 Å². The van der Waals surface area contributed by atoms with E-state index in [1.165, 1.54) is 5.57 Å². The zero-order chi connectivity index (χ0) is 33.5. The lowest BCUT2D eigenvalue weighted by Crippen LogP contribution is -2.63. The molecule has 9 heteroatoms. The van der Waals surface area contributed by atoms with Gasteiger partial charge in [-0.15, -0.1) is 0 Å². The molecule has 0 aromatic carbocycles. The minimum Gasteiger partial charge on any atom is -0.394 e. The molecule has 0 spiro atoms. The number of rotatable bonds is 8. The molecule has 3 saturated carbocycles. The summed E-state index contributed by atoms with van der Waals surface area (Å²) in [4.78, 5) is 14.4. The predicted molar refractivity (Wildman–Crippen MR) is 169 cm³/mol. The van der Waals surface area contributed by atoms with Gasteiger partial charge >= 0.3 is 0 Å². The van der Waals surface area contributed by atoms with Crippen molar-refractivity contribution in [1.29, 1.82) is 0 Å². The van der Waals surface area contributed by atoms with Gasteiger partial charge in [0.15, 0.2) is 6.29 Å². The van der Waals surface area contributed by atoms with Crippen LogP contribution in [0.5, 0.6) is 0 Å². The summed E-state index contributed by atoms with van der Waals surface area (Å²) >= 11 is 0. The van der Waals surface area contributed by atoms with Crippen molar-refractivity contribution >= 4 is 5.78 Å². The Morgan fingerprint density at radius 1 is 0.978 bits per heavy atom. The Hall–Kier alpha value is -0.910. The van der Waals surface area contributed by atoms with Crippen LogP contribution < -0.4 is 0 Å². The fourth-order valence-corrected chi connectivity index (χ4v) is 10.9. The quantitative estimate of drug-likeness (QED) is 0.220. The number of Topliss-reactive ketones (excluding diaryl/α,β-unsaturated/α-hetero) is 1. The summed E-state index contributed by atoms with van der Waals surface area (Å²) in [7, 11) is 0. The Balaban J connectivity index is 1.28. The van der Waals surface area contributed by atoms with Gasteiger partial charge < -0.3 is 40.1 Å². The molecule has 45 heavy (non-hydrogen) atoms. The van der Waals surface area contributed by atoms with Crippen molar-refractivity contribution in [2.75, 3.05) is 6.61 Å². The maximum atomic E-state index is 14.4. The normalized spacial score (nSPS) is 47.7. The molecule has 6 N–H and O–H groups in total. The average molecular weight is 637 g/mol. The minimum absolute atomic E-state index is 0.000921. The summed E-state index contributed by atoms with van der Waals surface area (Å²) < 4.78 is 11.5. The Morgan fingerprint density at radius 2 is 1.64 bits per heavy atom. The number of ketones is 1. The van der Waals surface area contributed by atoms with Gasteiger partial charge in [-0.3, -0.25) is 4.79 Å². The second-order valence-electron chi connectivity index (χ2n) is 17.2. The molecule has 1 saturated heterocycles. The van der Waals surface area contributed by atoms with Gasteiger partial charge in [-0.25, -0.2) is 0 Å². The minimum atomic E-state index is -1.55. The summed E-state index contributed by atoms with van der Waals surface area (Å²) in [6.07, 6.45) is 0.461. The Labute approximate surface area is 269 Å². The monoisotopic (exact) mass is 636 g/mol. The highest BCUT2D eigenvalue weighted by atomic mass is 16.7. The van der Waals surface area contributed by atoms with E-state index in [0.29, 0.717) is 24.5 Å². The number of aliphatic hydroxyl groups is 6. The lowest BCUT2D eigenvalue weighted by atomic mass is 9.38.